The number of aliphatic imine (C=N–C) groups is 1. The van der Waals surface area contributed by atoms with Gasteiger partial charge in [0, 0.05) is 55.1 Å². The van der Waals surface area contributed by atoms with Crippen molar-refractivity contribution < 1.29 is 4.79 Å². The van der Waals surface area contributed by atoms with Crippen LogP contribution in [0.3, 0.4) is 0 Å². The average molecular weight is 549 g/mol. The van der Waals surface area contributed by atoms with Crippen molar-refractivity contribution in [3.63, 3.8) is 0 Å². The summed E-state index contributed by atoms with van der Waals surface area (Å²) in [7, 11) is 1.77. The van der Waals surface area contributed by atoms with Crippen LogP contribution in [0.15, 0.2) is 78.7 Å². The van der Waals surface area contributed by atoms with Crippen LogP contribution < -0.4 is 10.6 Å². The Bertz CT molecular complexity index is 1780. The molecule has 5 heterocycles. The smallest absolute Gasteiger partial charge is 0.324 e. The Morgan fingerprint density at radius 3 is 2.49 bits per heavy atom. The Labute approximate surface area is 235 Å². The lowest BCUT2D eigenvalue weighted by atomic mass is 10.2. The van der Waals surface area contributed by atoms with Gasteiger partial charge in [-0.05, 0) is 57.0 Å². The zero-order valence-corrected chi connectivity index (χ0v) is 22.8. The number of urea groups is 1. The number of aryl methyl sites for hydroxylation is 2. The first-order valence-corrected chi connectivity index (χ1v) is 12.7. The molecule has 0 aliphatic heterocycles. The van der Waals surface area contributed by atoms with Crippen LogP contribution in [0.1, 0.15) is 12.6 Å². The number of H-pyrrole nitrogens is 1. The number of nitrogens with zero attached hydrogens (tertiary/aromatic N) is 9. The number of anilines is 2. The van der Waals surface area contributed by atoms with E-state index in [1.807, 2.05) is 54.9 Å². The molecule has 2 amide bonds. The Morgan fingerprint density at radius 2 is 1.80 bits per heavy atom. The number of amides is 2. The van der Waals surface area contributed by atoms with Crippen LogP contribution in [0.5, 0.6) is 0 Å². The van der Waals surface area contributed by atoms with Crippen molar-refractivity contribution in [2.75, 3.05) is 17.2 Å². The molecule has 41 heavy (non-hydrogen) atoms. The summed E-state index contributed by atoms with van der Waals surface area (Å²) in [6.45, 7) is 7.93. The summed E-state index contributed by atoms with van der Waals surface area (Å²) < 4.78 is 3.44. The number of aromatic amines is 1. The first-order chi connectivity index (χ1) is 19.9. The number of imidazole rings is 2. The zero-order chi connectivity index (χ0) is 28.8. The maximum Gasteiger partial charge on any atom is 0.324 e. The molecule has 1 aromatic carbocycles. The monoisotopic (exact) mass is 548 g/mol. The van der Waals surface area contributed by atoms with Gasteiger partial charge >= 0.3 is 6.03 Å². The van der Waals surface area contributed by atoms with E-state index in [-0.39, 0.29) is 6.03 Å². The topological polar surface area (TPSA) is 156 Å². The van der Waals surface area contributed by atoms with Gasteiger partial charge < -0.3 is 15.3 Å². The highest BCUT2D eigenvalue weighted by molar-refractivity contribution is 5.99. The highest BCUT2D eigenvalue weighted by Gasteiger charge is 2.14. The lowest BCUT2D eigenvalue weighted by Gasteiger charge is -2.08. The second-order valence-electron chi connectivity index (χ2n) is 8.87. The summed E-state index contributed by atoms with van der Waals surface area (Å²) in [5, 5.41) is 10.1. The Balaban J connectivity index is 0.000000794. The number of carbonyl (C=O) groups is 1. The summed E-state index contributed by atoms with van der Waals surface area (Å²) in [4.78, 5) is 41.0. The number of aromatic nitrogens is 9. The molecule has 0 spiro atoms. The highest BCUT2D eigenvalue weighted by atomic mass is 16.2. The fourth-order valence-corrected chi connectivity index (χ4v) is 3.92. The van der Waals surface area contributed by atoms with Gasteiger partial charge in [0.1, 0.15) is 29.8 Å². The van der Waals surface area contributed by atoms with Crippen molar-refractivity contribution >= 4 is 35.4 Å². The summed E-state index contributed by atoms with van der Waals surface area (Å²) in [5.74, 6) is 1.87. The van der Waals surface area contributed by atoms with Gasteiger partial charge in [-0.3, -0.25) is 19.5 Å². The minimum absolute atomic E-state index is 0.378. The SMILES string of the molecule is C=NCC.Cc1cn(-c2ncnc3nc(-c4ccc(NC(=O)Nc5cc(-c6ccncc6)nn5C)cc4)[nH]c23)cn1. The molecule has 0 saturated carbocycles. The molecule has 3 N–H and O–H groups in total. The first-order valence-electron chi connectivity index (χ1n) is 12.7. The number of hydrogen-bond acceptors (Lipinski definition) is 8. The van der Waals surface area contributed by atoms with Gasteiger partial charge in [0.05, 0.1) is 11.4 Å². The minimum Gasteiger partial charge on any atom is -0.334 e. The molecular formula is C28H28N12O. The number of rotatable bonds is 6. The van der Waals surface area contributed by atoms with Crippen molar-refractivity contribution in [3.05, 3.63) is 79.4 Å². The molecule has 0 fully saturated rings. The van der Waals surface area contributed by atoms with Crippen molar-refractivity contribution in [2.24, 2.45) is 12.0 Å². The van der Waals surface area contributed by atoms with Gasteiger partial charge in [-0.2, -0.15) is 5.10 Å². The van der Waals surface area contributed by atoms with E-state index in [0.717, 1.165) is 29.1 Å². The number of hydrogen-bond donors (Lipinski definition) is 3. The van der Waals surface area contributed by atoms with E-state index in [0.29, 0.717) is 34.3 Å². The van der Waals surface area contributed by atoms with Gasteiger partial charge in [-0.15, -0.1) is 0 Å². The second-order valence-corrected chi connectivity index (χ2v) is 8.87. The predicted octanol–water partition coefficient (Wildman–Crippen LogP) is 4.66. The van der Waals surface area contributed by atoms with Crippen molar-refractivity contribution in [3.8, 4) is 28.5 Å². The van der Waals surface area contributed by atoms with E-state index in [9.17, 15) is 4.79 Å². The third-order valence-electron chi connectivity index (χ3n) is 5.96. The predicted molar refractivity (Wildman–Crippen MR) is 158 cm³/mol. The summed E-state index contributed by atoms with van der Waals surface area (Å²) in [5.41, 5.74) is 5.27. The van der Waals surface area contributed by atoms with Gasteiger partial charge in [-0.1, -0.05) is 0 Å². The fraction of sp³-hybridized carbons (Fsp3) is 0.143. The van der Waals surface area contributed by atoms with E-state index in [2.05, 4.69) is 57.3 Å². The molecule has 0 radical (unpaired) electrons. The van der Waals surface area contributed by atoms with Crippen molar-refractivity contribution in [1.29, 1.82) is 0 Å². The molecule has 6 aromatic rings. The maximum atomic E-state index is 12.6. The van der Waals surface area contributed by atoms with Crippen LogP contribution in [0.4, 0.5) is 16.3 Å². The quantitative estimate of drug-likeness (QED) is 0.256. The zero-order valence-electron chi connectivity index (χ0n) is 22.8. The molecule has 13 heteroatoms. The summed E-state index contributed by atoms with van der Waals surface area (Å²) in [6.07, 6.45) is 8.47. The van der Waals surface area contributed by atoms with E-state index >= 15 is 0 Å². The van der Waals surface area contributed by atoms with E-state index < -0.39 is 0 Å². The van der Waals surface area contributed by atoms with E-state index in [1.165, 1.54) is 6.33 Å². The molecule has 13 nitrogen and oxygen atoms in total. The van der Waals surface area contributed by atoms with Crippen LogP contribution in [-0.2, 0) is 7.05 Å². The van der Waals surface area contributed by atoms with Gasteiger partial charge in [-0.25, -0.2) is 24.7 Å². The lowest BCUT2D eigenvalue weighted by molar-refractivity contribution is 0.262. The normalized spacial score (nSPS) is 10.6. The number of pyridine rings is 1. The molecule has 0 bridgehead atoms. The molecular weight excluding hydrogens is 520 g/mol. The molecule has 6 rings (SSSR count). The average Bonchev–Trinajstić information content (AvgIpc) is 3.72. The lowest BCUT2D eigenvalue weighted by Crippen LogP contribution is -2.20. The Morgan fingerprint density at radius 1 is 1.05 bits per heavy atom. The number of carbonyl (C=O) groups excluding carboxylic acids is 1. The molecule has 0 atom stereocenters. The second kappa shape index (κ2) is 12.0. The number of benzene rings is 1. The molecule has 0 aliphatic rings. The molecule has 0 unspecified atom stereocenters. The van der Waals surface area contributed by atoms with Crippen molar-refractivity contribution in [2.45, 2.75) is 13.8 Å². The number of nitrogens with one attached hydrogen (secondary N) is 3. The van der Waals surface area contributed by atoms with Crippen LogP contribution in [0, 0.1) is 6.92 Å². The van der Waals surface area contributed by atoms with Crippen molar-refractivity contribution in [1.82, 2.24) is 44.3 Å². The largest absolute Gasteiger partial charge is 0.334 e. The van der Waals surface area contributed by atoms with Crippen LogP contribution in [0.2, 0.25) is 0 Å². The summed E-state index contributed by atoms with van der Waals surface area (Å²) in [6, 6.07) is 12.5. The molecule has 206 valence electrons. The van der Waals surface area contributed by atoms with Gasteiger partial charge in [0.15, 0.2) is 11.5 Å². The molecule has 0 aliphatic carbocycles. The van der Waals surface area contributed by atoms with Gasteiger partial charge in [0.2, 0.25) is 0 Å². The fourth-order valence-electron chi connectivity index (χ4n) is 3.92. The minimum atomic E-state index is -0.378. The van der Waals surface area contributed by atoms with Crippen LogP contribution >= 0.6 is 0 Å². The molecule has 0 saturated heterocycles. The summed E-state index contributed by atoms with van der Waals surface area (Å²) >= 11 is 0. The Hall–Kier alpha value is -5.72. The maximum absolute atomic E-state index is 12.6. The standard InChI is InChI=1S/C25H21N11O.C3H7N/c1-15-12-36(14-29-15)24-21-23(27-13-28-24)33-22(32-21)17-3-5-18(6-4-17)30-25(37)31-20-11-19(34-35(20)2)16-7-9-26-10-8-16;1-3-4-2/h3-14H,1-2H3,(H2,30,31,37)(H,27,28,32,33);2-3H2,1H3. The molecule has 5 aromatic heterocycles. The highest BCUT2D eigenvalue weighted by Crippen LogP contribution is 2.24. The van der Waals surface area contributed by atoms with Crippen LogP contribution in [0.25, 0.3) is 39.6 Å². The Kier molecular flexibility index (Phi) is 7.86. The van der Waals surface area contributed by atoms with E-state index in [4.69, 9.17) is 0 Å². The first kappa shape index (κ1) is 26.9. The third-order valence-corrected chi connectivity index (χ3v) is 5.96. The van der Waals surface area contributed by atoms with Crippen LogP contribution in [-0.4, -0.2) is 63.5 Å². The van der Waals surface area contributed by atoms with E-state index in [1.54, 1.807) is 42.6 Å². The third kappa shape index (κ3) is 6.14. The number of fused-ring (bicyclic) bond motifs is 1. The van der Waals surface area contributed by atoms with Gasteiger partial charge in [0.25, 0.3) is 0 Å².